The first kappa shape index (κ1) is 22.8. The zero-order valence-corrected chi connectivity index (χ0v) is 21.1. The summed E-state index contributed by atoms with van der Waals surface area (Å²) < 4.78 is 1.98. The fraction of sp³-hybridized carbons (Fsp3) is 0.667. The van der Waals surface area contributed by atoms with Crippen molar-refractivity contribution in [1.29, 1.82) is 0 Å². The highest BCUT2D eigenvalue weighted by Crippen LogP contribution is 2.55. The molecule has 3 N–H and O–H groups in total. The average Bonchev–Trinajstić information content (AvgIpc) is 3.18. The van der Waals surface area contributed by atoms with Crippen LogP contribution in [-0.2, 0) is 6.54 Å². The Morgan fingerprint density at radius 1 is 1.09 bits per heavy atom. The molecule has 0 aromatic carbocycles. The molecule has 8 nitrogen and oxygen atoms in total. The Hall–Kier alpha value is -2.61. The smallest absolute Gasteiger partial charge is 0.317 e. The number of hydrogen-bond donors (Lipinski definition) is 3. The molecule has 3 amide bonds. The Labute approximate surface area is 207 Å². The molecule has 3 heterocycles. The number of fused-ring (bicyclic) bond motifs is 1. The van der Waals surface area contributed by atoms with Crippen molar-refractivity contribution in [3.63, 3.8) is 0 Å². The molecule has 4 bridgehead atoms. The molecular formula is C27H39N6O2+. The monoisotopic (exact) mass is 479 g/mol. The molecule has 35 heavy (non-hydrogen) atoms. The number of likely N-dealkylation sites (tertiary alicyclic amines) is 1. The van der Waals surface area contributed by atoms with E-state index in [1.54, 1.807) is 19.0 Å². The molecule has 5 aliphatic rings. The van der Waals surface area contributed by atoms with E-state index < -0.39 is 0 Å². The number of carbonyl (C=O) groups excluding carboxylic acids is 2. The minimum atomic E-state index is -0.0202. The topological polar surface area (TPSA) is 83.2 Å². The van der Waals surface area contributed by atoms with Crippen LogP contribution in [0.2, 0.25) is 0 Å². The summed E-state index contributed by atoms with van der Waals surface area (Å²) in [5, 5.41) is 6.62. The summed E-state index contributed by atoms with van der Waals surface area (Å²) in [5.74, 6) is 2.90. The number of nitrogens with zero attached hydrogens (tertiary/aromatic N) is 3. The van der Waals surface area contributed by atoms with Gasteiger partial charge in [-0.2, -0.15) is 0 Å². The van der Waals surface area contributed by atoms with Gasteiger partial charge in [0.15, 0.2) is 0 Å². The number of nitrogens with one attached hydrogen (secondary N) is 3. The van der Waals surface area contributed by atoms with Gasteiger partial charge in [0, 0.05) is 44.7 Å². The van der Waals surface area contributed by atoms with E-state index in [2.05, 4.69) is 16.7 Å². The van der Waals surface area contributed by atoms with E-state index in [4.69, 9.17) is 4.98 Å². The van der Waals surface area contributed by atoms with E-state index in [0.29, 0.717) is 5.82 Å². The Bertz CT molecular complexity index is 1080. The third-order valence-corrected chi connectivity index (χ3v) is 9.09. The number of imidazole rings is 1. The van der Waals surface area contributed by atoms with E-state index in [-0.39, 0.29) is 23.5 Å². The van der Waals surface area contributed by atoms with Crippen molar-refractivity contribution >= 4 is 17.5 Å². The highest BCUT2D eigenvalue weighted by Gasteiger charge is 2.51. The second-order valence-electron chi connectivity index (χ2n) is 12.0. The summed E-state index contributed by atoms with van der Waals surface area (Å²) >= 11 is 0. The maximum Gasteiger partial charge on any atom is 0.317 e. The summed E-state index contributed by atoms with van der Waals surface area (Å²) in [4.78, 5) is 33.6. The second kappa shape index (κ2) is 8.80. The van der Waals surface area contributed by atoms with Crippen LogP contribution in [0, 0.1) is 17.8 Å². The molecule has 2 aromatic rings. The van der Waals surface area contributed by atoms with Gasteiger partial charge in [0.2, 0.25) is 5.82 Å². The lowest BCUT2D eigenvalue weighted by Crippen LogP contribution is -3.12. The Morgan fingerprint density at radius 3 is 2.37 bits per heavy atom. The minimum Gasteiger partial charge on any atom is -0.344 e. The molecule has 0 radical (unpaired) electrons. The van der Waals surface area contributed by atoms with Crippen LogP contribution in [-0.4, -0.2) is 65.0 Å². The predicted octanol–water partition coefficient (Wildman–Crippen LogP) is 1.85. The molecule has 8 heteroatoms. The molecule has 0 unspecified atom stereocenters. The van der Waals surface area contributed by atoms with E-state index in [1.165, 1.54) is 24.2 Å². The van der Waals surface area contributed by atoms with Crippen LogP contribution in [0.4, 0.5) is 4.79 Å². The molecule has 0 spiro atoms. The maximum atomic E-state index is 13.6. The van der Waals surface area contributed by atoms with E-state index in [1.807, 2.05) is 22.7 Å². The lowest BCUT2D eigenvalue weighted by Gasteiger charge is -2.56. The number of aromatic nitrogens is 2. The Kier molecular flexibility index (Phi) is 5.74. The lowest BCUT2D eigenvalue weighted by atomic mass is 9.53. The molecule has 0 atom stereocenters. The Morgan fingerprint density at radius 2 is 1.74 bits per heavy atom. The van der Waals surface area contributed by atoms with Crippen LogP contribution >= 0.6 is 0 Å². The van der Waals surface area contributed by atoms with E-state index in [0.717, 1.165) is 80.7 Å². The Balaban J connectivity index is 1.15. The standard InChI is InChI=1S/C27H38N6O2/c1-31(2)26(35)28-21-6-9-32(10-7-21)17-22-23-5-3-4-8-33(23)24(29-22)25(34)30-27-14-18-11-19(15-27)13-20(12-18)16-27/h3-5,8,18-21H,6-7,9-17H2,1-2H3,(H,28,35)(H,30,34)/p+1. The highest BCUT2D eigenvalue weighted by molar-refractivity contribution is 5.92. The molecule has 1 saturated heterocycles. The fourth-order valence-corrected chi connectivity index (χ4v) is 7.84. The predicted molar refractivity (Wildman–Crippen MR) is 133 cm³/mol. The summed E-state index contributed by atoms with van der Waals surface area (Å²) in [7, 11) is 3.55. The molecule has 1 aliphatic heterocycles. The number of quaternary nitrogens is 1. The quantitative estimate of drug-likeness (QED) is 0.612. The van der Waals surface area contributed by atoms with Crippen LogP contribution < -0.4 is 15.5 Å². The number of piperidine rings is 1. The second-order valence-corrected chi connectivity index (χ2v) is 12.0. The fourth-order valence-electron chi connectivity index (χ4n) is 7.84. The van der Waals surface area contributed by atoms with Gasteiger partial charge < -0.3 is 20.4 Å². The zero-order valence-electron chi connectivity index (χ0n) is 21.1. The summed E-state index contributed by atoms with van der Waals surface area (Å²) in [6.07, 6.45) is 11.4. The minimum absolute atomic E-state index is 0.0143. The van der Waals surface area contributed by atoms with Gasteiger partial charge >= 0.3 is 6.03 Å². The lowest BCUT2D eigenvalue weighted by molar-refractivity contribution is -0.919. The molecule has 4 aliphatic carbocycles. The van der Waals surface area contributed by atoms with E-state index in [9.17, 15) is 9.59 Å². The van der Waals surface area contributed by atoms with Crippen molar-refractivity contribution in [2.24, 2.45) is 17.8 Å². The number of pyridine rings is 1. The molecule has 5 fully saturated rings. The normalized spacial score (nSPS) is 33.6. The largest absolute Gasteiger partial charge is 0.344 e. The molecular weight excluding hydrogens is 440 g/mol. The SMILES string of the molecule is CN(C)C(=O)NC1CC[NH+](Cc2nc(C(=O)NC34CC5CC(CC(C5)C3)C4)n3ccccc23)CC1. The van der Waals surface area contributed by atoms with Crippen molar-refractivity contribution in [3.8, 4) is 0 Å². The van der Waals surface area contributed by atoms with Crippen LogP contribution in [0.1, 0.15) is 67.7 Å². The van der Waals surface area contributed by atoms with E-state index >= 15 is 0 Å². The molecule has 4 saturated carbocycles. The van der Waals surface area contributed by atoms with Crippen molar-refractivity contribution in [1.82, 2.24) is 24.9 Å². The number of carbonyl (C=O) groups is 2. The third kappa shape index (κ3) is 4.41. The first-order chi connectivity index (χ1) is 16.9. The average molecular weight is 480 g/mol. The molecule has 188 valence electrons. The van der Waals surface area contributed by atoms with Crippen molar-refractivity contribution in [3.05, 3.63) is 35.9 Å². The van der Waals surface area contributed by atoms with Gasteiger partial charge in [0.25, 0.3) is 5.91 Å². The first-order valence-corrected chi connectivity index (χ1v) is 13.5. The highest BCUT2D eigenvalue weighted by atomic mass is 16.2. The molecule has 7 rings (SSSR count). The number of amides is 3. The number of rotatable bonds is 5. The van der Waals surface area contributed by atoms with Crippen molar-refractivity contribution in [2.45, 2.75) is 69.5 Å². The van der Waals surface area contributed by atoms with Gasteiger partial charge in [-0.05, 0) is 68.4 Å². The summed E-state index contributed by atoms with van der Waals surface area (Å²) in [5.41, 5.74) is 2.00. The summed E-state index contributed by atoms with van der Waals surface area (Å²) in [6, 6.07) is 6.29. The first-order valence-electron chi connectivity index (χ1n) is 13.5. The van der Waals surface area contributed by atoms with Gasteiger partial charge in [-0.1, -0.05) is 6.07 Å². The van der Waals surface area contributed by atoms with Gasteiger partial charge in [0.05, 0.1) is 18.6 Å². The third-order valence-electron chi connectivity index (χ3n) is 9.09. The number of hydrogen-bond acceptors (Lipinski definition) is 3. The maximum absolute atomic E-state index is 13.6. The van der Waals surface area contributed by atoms with Crippen molar-refractivity contribution in [2.75, 3.05) is 27.2 Å². The van der Waals surface area contributed by atoms with Gasteiger partial charge in [-0.15, -0.1) is 0 Å². The van der Waals surface area contributed by atoms with Gasteiger partial charge in [0.1, 0.15) is 12.2 Å². The van der Waals surface area contributed by atoms with Crippen LogP contribution in [0.15, 0.2) is 24.4 Å². The van der Waals surface area contributed by atoms with Crippen molar-refractivity contribution < 1.29 is 14.5 Å². The van der Waals surface area contributed by atoms with Gasteiger partial charge in [-0.25, -0.2) is 9.78 Å². The molecule has 2 aromatic heterocycles. The van der Waals surface area contributed by atoms with Gasteiger partial charge in [-0.3, -0.25) is 9.20 Å². The summed E-state index contributed by atoms with van der Waals surface area (Å²) in [6.45, 7) is 2.77. The van der Waals surface area contributed by atoms with Crippen LogP contribution in [0.25, 0.3) is 5.52 Å². The number of urea groups is 1. The van der Waals surface area contributed by atoms with Crippen LogP contribution in [0.5, 0.6) is 0 Å². The van der Waals surface area contributed by atoms with Crippen LogP contribution in [0.3, 0.4) is 0 Å². The zero-order chi connectivity index (χ0) is 24.2.